The lowest BCUT2D eigenvalue weighted by atomic mass is 10.1. The van der Waals surface area contributed by atoms with E-state index in [1.54, 1.807) is 0 Å². The quantitative estimate of drug-likeness (QED) is 0.661. The third-order valence-electron chi connectivity index (χ3n) is 7.67. The monoisotopic (exact) mass is 476 g/mol. The van der Waals surface area contributed by atoms with Gasteiger partial charge in [-0.05, 0) is 42.7 Å². The molecule has 0 aromatic heterocycles. The normalized spacial score (nSPS) is 21.1. The number of amides is 2. The molecule has 0 spiro atoms. The van der Waals surface area contributed by atoms with Crippen molar-refractivity contribution in [2.24, 2.45) is 0 Å². The fourth-order valence-electron chi connectivity index (χ4n) is 5.78. The number of fused-ring (bicyclic) bond motifs is 4. The van der Waals surface area contributed by atoms with Crippen LogP contribution in [0.2, 0.25) is 0 Å². The summed E-state index contributed by atoms with van der Waals surface area (Å²) >= 11 is 0. The largest absolute Gasteiger partial charge is 0.454 e. The first-order valence-electron chi connectivity index (χ1n) is 12.7. The van der Waals surface area contributed by atoms with Gasteiger partial charge in [0.15, 0.2) is 11.5 Å². The summed E-state index contributed by atoms with van der Waals surface area (Å²) in [7, 11) is 0. The molecule has 2 fully saturated rings. The van der Waals surface area contributed by atoms with Gasteiger partial charge in [0.05, 0.1) is 11.4 Å². The Morgan fingerprint density at radius 3 is 2.49 bits per heavy atom. The standard InChI is InChI=1S/C27H32N4O4/c32-26(29-14-12-28(13-15-29)17-20-7-8-24-25(16-20)35-19-34-24)9-10-27(33)31-18-21-4-3-11-30(21)22-5-1-2-6-23(22)31/h1-2,5-8,16,21H,3-4,9-15,17-19H2. The molecule has 4 aliphatic rings. The number of para-hydroxylation sites is 2. The van der Waals surface area contributed by atoms with Crippen LogP contribution < -0.4 is 19.3 Å². The van der Waals surface area contributed by atoms with E-state index in [0.29, 0.717) is 19.1 Å². The van der Waals surface area contributed by atoms with E-state index >= 15 is 0 Å². The lowest BCUT2D eigenvalue weighted by Gasteiger charge is -2.40. The van der Waals surface area contributed by atoms with Crippen LogP contribution in [0.3, 0.4) is 0 Å². The van der Waals surface area contributed by atoms with Crippen molar-refractivity contribution in [2.45, 2.75) is 38.3 Å². The summed E-state index contributed by atoms with van der Waals surface area (Å²) in [4.78, 5) is 34.7. The Morgan fingerprint density at radius 1 is 0.857 bits per heavy atom. The summed E-state index contributed by atoms with van der Waals surface area (Å²) in [6.07, 6.45) is 2.82. The van der Waals surface area contributed by atoms with Crippen LogP contribution in [0, 0.1) is 0 Å². The highest BCUT2D eigenvalue weighted by Gasteiger charge is 2.36. The molecule has 8 heteroatoms. The van der Waals surface area contributed by atoms with Crippen LogP contribution in [0.4, 0.5) is 11.4 Å². The molecular formula is C27H32N4O4. The molecule has 2 saturated heterocycles. The third kappa shape index (κ3) is 4.43. The highest BCUT2D eigenvalue weighted by Crippen LogP contribution is 2.39. The van der Waals surface area contributed by atoms with Gasteiger partial charge in [-0.15, -0.1) is 0 Å². The van der Waals surface area contributed by atoms with E-state index in [0.717, 1.165) is 62.0 Å². The third-order valence-corrected chi connectivity index (χ3v) is 7.67. The molecule has 1 unspecified atom stereocenters. The Balaban J connectivity index is 1.00. The van der Waals surface area contributed by atoms with Crippen molar-refractivity contribution in [1.82, 2.24) is 9.80 Å². The topological polar surface area (TPSA) is 65.6 Å². The van der Waals surface area contributed by atoms with Gasteiger partial charge in [0, 0.05) is 64.7 Å². The van der Waals surface area contributed by atoms with Gasteiger partial charge in [-0.2, -0.15) is 0 Å². The zero-order chi connectivity index (χ0) is 23.8. The summed E-state index contributed by atoms with van der Waals surface area (Å²) in [5.41, 5.74) is 3.32. The van der Waals surface area contributed by atoms with Crippen molar-refractivity contribution < 1.29 is 19.1 Å². The van der Waals surface area contributed by atoms with Crippen molar-refractivity contribution in [2.75, 3.05) is 55.9 Å². The van der Waals surface area contributed by atoms with E-state index in [1.807, 2.05) is 40.1 Å². The molecule has 0 saturated carbocycles. The summed E-state index contributed by atoms with van der Waals surface area (Å²) in [6, 6.07) is 14.6. The number of hydrogen-bond donors (Lipinski definition) is 0. The molecule has 6 rings (SSSR count). The fraction of sp³-hybridized carbons (Fsp3) is 0.481. The number of carbonyl (C=O) groups is 2. The minimum atomic E-state index is 0.0544. The van der Waals surface area contributed by atoms with Crippen molar-refractivity contribution in [3.63, 3.8) is 0 Å². The number of ether oxygens (including phenoxy) is 2. The molecule has 1 atom stereocenters. The molecule has 4 aliphatic heterocycles. The number of anilines is 2. The molecule has 2 aromatic carbocycles. The van der Waals surface area contributed by atoms with E-state index in [1.165, 1.54) is 12.0 Å². The Morgan fingerprint density at radius 2 is 1.63 bits per heavy atom. The van der Waals surface area contributed by atoms with Crippen LogP contribution in [0.15, 0.2) is 42.5 Å². The zero-order valence-electron chi connectivity index (χ0n) is 20.0. The number of benzene rings is 2. The molecule has 4 heterocycles. The van der Waals surface area contributed by atoms with Crippen molar-refractivity contribution in [1.29, 1.82) is 0 Å². The van der Waals surface area contributed by atoms with Gasteiger partial charge in [0.2, 0.25) is 18.6 Å². The molecule has 0 aliphatic carbocycles. The van der Waals surface area contributed by atoms with E-state index < -0.39 is 0 Å². The number of nitrogens with zero attached hydrogens (tertiary/aromatic N) is 4. The lowest BCUT2D eigenvalue weighted by Crippen LogP contribution is -2.49. The zero-order valence-corrected chi connectivity index (χ0v) is 20.0. The van der Waals surface area contributed by atoms with Gasteiger partial charge in [0.1, 0.15) is 0 Å². The Kier molecular flexibility index (Phi) is 5.98. The summed E-state index contributed by atoms with van der Waals surface area (Å²) in [5, 5.41) is 0. The SMILES string of the molecule is O=C(CCC(=O)N1CC2CCCN2c2ccccc21)N1CCN(Cc2ccc3c(c2)OCO3)CC1. The molecule has 2 amide bonds. The fourth-order valence-corrected chi connectivity index (χ4v) is 5.78. The van der Waals surface area contributed by atoms with Crippen molar-refractivity contribution in [3.05, 3.63) is 48.0 Å². The number of carbonyl (C=O) groups excluding carboxylic acids is 2. The maximum atomic E-state index is 13.2. The van der Waals surface area contributed by atoms with E-state index in [-0.39, 0.29) is 31.4 Å². The Bertz CT molecular complexity index is 1110. The van der Waals surface area contributed by atoms with Crippen LogP contribution in [0.25, 0.3) is 0 Å². The highest BCUT2D eigenvalue weighted by atomic mass is 16.7. The lowest BCUT2D eigenvalue weighted by molar-refractivity contribution is -0.134. The van der Waals surface area contributed by atoms with Crippen LogP contribution >= 0.6 is 0 Å². The van der Waals surface area contributed by atoms with Crippen LogP contribution in [-0.4, -0.2) is 73.7 Å². The van der Waals surface area contributed by atoms with Gasteiger partial charge in [-0.3, -0.25) is 14.5 Å². The second kappa shape index (κ2) is 9.41. The predicted octanol–water partition coefficient (Wildman–Crippen LogP) is 2.86. The van der Waals surface area contributed by atoms with Crippen LogP contribution in [0.5, 0.6) is 11.5 Å². The first-order chi connectivity index (χ1) is 17.2. The first-order valence-corrected chi connectivity index (χ1v) is 12.7. The molecule has 2 aromatic rings. The predicted molar refractivity (Wildman–Crippen MR) is 133 cm³/mol. The van der Waals surface area contributed by atoms with Crippen molar-refractivity contribution >= 4 is 23.2 Å². The van der Waals surface area contributed by atoms with E-state index in [2.05, 4.69) is 21.9 Å². The van der Waals surface area contributed by atoms with Gasteiger partial charge in [-0.25, -0.2) is 0 Å². The smallest absolute Gasteiger partial charge is 0.231 e. The van der Waals surface area contributed by atoms with Crippen LogP contribution in [-0.2, 0) is 16.1 Å². The van der Waals surface area contributed by atoms with E-state index in [4.69, 9.17) is 9.47 Å². The van der Waals surface area contributed by atoms with Crippen LogP contribution in [0.1, 0.15) is 31.2 Å². The van der Waals surface area contributed by atoms with Gasteiger partial charge < -0.3 is 24.2 Å². The van der Waals surface area contributed by atoms with Gasteiger partial charge in [-0.1, -0.05) is 18.2 Å². The molecular weight excluding hydrogens is 444 g/mol. The molecule has 0 N–H and O–H groups in total. The van der Waals surface area contributed by atoms with E-state index in [9.17, 15) is 9.59 Å². The number of hydrogen-bond acceptors (Lipinski definition) is 6. The average molecular weight is 477 g/mol. The Labute approximate surface area is 206 Å². The first kappa shape index (κ1) is 22.2. The Hall–Kier alpha value is -3.26. The summed E-state index contributed by atoms with van der Waals surface area (Å²) in [5.74, 6) is 1.73. The average Bonchev–Trinajstić information content (AvgIpc) is 3.56. The maximum Gasteiger partial charge on any atom is 0.231 e. The highest BCUT2D eigenvalue weighted by molar-refractivity contribution is 5.99. The second-order valence-corrected chi connectivity index (χ2v) is 9.83. The molecule has 184 valence electrons. The van der Waals surface area contributed by atoms with Gasteiger partial charge in [0.25, 0.3) is 0 Å². The number of rotatable bonds is 5. The van der Waals surface area contributed by atoms with Crippen molar-refractivity contribution in [3.8, 4) is 11.5 Å². The molecule has 35 heavy (non-hydrogen) atoms. The molecule has 0 radical (unpaired) electrons. The van der Waals surface area contributed by atoms with Gasteiger partial charge >= 0.3 is 0 Å². The molecule has 0 bridgehead atoms. The summed E-state index contributed by atoms with van der Waals surface area (Å²) < 4.78 is 10.9. The maximum absolute atomic E-state index is 13.2. The second-order valence-electron chi connectivity index (χ2n) is 9.83. The summed E-state index contributed by atoms with van der Waals surface area (Å²) in [6.45, 7) is 5.93. The minimum absolute atomic E-state index is 0.0544. The minimum Gasteiger partial charge on any atom is -0.454 e. The molecule has 8 nitrogen and oxygen atoms in total. The number of piperazine rings is 1.